The highest BCUT2D eigenvalue weighted by molar-refractivity contribution is 7.81. The summed E-state index contributed by atoms with van der Waals surface area (Å²) < 4.78 is 4.58. The van der Waals surface area contributed by atoms with Gasteiger partial charge < -0.3 is 10.5 Å². The molecule has 0 aliphatic carbocycles. The molecule has 1 aromatic carbocycles. The predicted molar refractivity (Wildman–Crippen MR) is 62.9 cm³/mol. The van der Waals surface area contributed by atoms with E-state index in [4.69, 9.17) is 5.73 Å². The second-order valence-electron chi connectivity index (χ2n) is 3.32. The number of nitrogens with two attached hydrogens (primary N) is 1. The van der Waals surface area contributed by atoms with Crippen LogP contribution in [-0.2, 0) is 16.0 Å². The maximum Gasteiger partial charge on any atom is 0.320 e. The Morgan fingerprint density at radius 1 is 1.47 bits per heavy atom. The van der Waals surface area contributed by atoms with Gasteiger partial charge in [-0.1, -0.05) is 30.3 Å². The van der Waals surface area contributed by atoms with Crippen LogP contribution in [0.1, 0.15) is 5.56 Å². The van der Waals surface area contributed by atoms with Gasteiger partial charge in [-0.05, 0) is 12.0 Å². The third-order valence-electron chi connectivity index (χ3n) is 2.16. The molecule has 0 aliphatic heterocycles. The van der Waals surface area contributed by atoms with Gasteiger partial charge in [0.25, 0.3) is 0 Å². The Hall–Kier alpha value is -1.00. The second-order valence-corrected chi connectivity index (χ2v) is 3.88. The number of methoxy groups -OCH3 is 1. The van der Waals surface area contributed by atoms with E-state index in [2.05, 4.69) is 17.4 Å². The van der Waals surface area contributed by atoms with Gasteiger partial charge >= 0.3 is 5.97 Å². The maximum atomic E-state index is 11.2. The van der Waals surface area contributed by atoms with E-state index in [1.807, 2.05) is 30.3 Å². The van der Waals surface area contributed by atoms with Crippen molar-refractivity contribution in [2.24, 2.45) is 5.73 Å². The van der Waals surface area contributed by atoms with Crippen LogP contribution < -0.4 is 5.73 Å². The van der Waals surface area contributed by atoms with Crippen LogP contribution in [0.3, 0.4) is 0 Å². The molecule has 2 atom stereocenters. The van der Waals surface area contributed by atoms with Crippen molar-refractivity contribution < 1.29 is 9.53 Å². The average molecular weight is 225 g/mol. The Bertz CT molecular complexity index is 316. The van der Waals surface area contributed by atoms with Crippen LogP contribution in [0.5, 0.6) is 0 Å². The number of ether oxygens (including phenoxy) is 1. The molecule has 2 N–H and O–H groups in total. The van der Waals surface area contributed by atoms with Crippen molar-refractivity contribution in [1.82, 2.24) is 0 Å². The lowest BCUT2D eigenvalue weighted by Crippen LogP contribution is -2.39. The minimum absolute atomic E-state index is 0.330. The largest absolute Gasteiger partial charge is 0.468 e. The summed E-state index contributed by atoms with van der Waals surface area (Å²) in [5.74, 6) is -0.387. The van der Waals surface area contributed by atoms with Crippen LogP contribution >= 0.6 is 12.6 Å². The Balaban J connectivity index is 2.56. The van der Waals surface area contributed by atoms with E-state index in [1.54, 1.807) is 0 Å². The molecule has 1 aromatic rings. The van der Waals surface area contributed by atoms with Crippen LogP contribution in [0.15, 0.2) is 30.3 Å². The van der Waals surface area contributed by atoms with Gasteiger partial charge in [0.1, 0.15) is 5.25 Å². The number of thiol groups is 1. The number of rotatable bonds is 4. The standard InChI is InChI=1S/C11H15NO2S/c1-14-11(13)10(15)9(12)7-8-5-3-2-4-6-8/h2-6,9-10,15H,7,12H2,1H3/t9-,10+/m1/s1. The van der Waals surface area contributed by atoms with Gasteiger partial charge in [-0.3, -0.25) is 4.79 Å². The molecular weight excluding hydrogens is 210 g/mol. The minimum Gasteiger partial charge on any atom is -0.468 e. The third kappa shape index (κ3) is 3.57. The fraction of sp³-hybridized carbons (Fsp3) is 0.364. The second kappa shape index (κ2) is 5.78. The number of esters is 1. The smallest absolute Gasteiger partial charge is 0.320 e. The summed E-state index contributed by atoms with van der Waals surface area (Å²) in [6.07, 6.45) is 0.615. The zero-order valence-corrected chi connectivity index (χ0v) is 9.48. The number of hydrogen-bond acceptors (Lipinski definition) is 4. The van der Waals surface area contributed by atoms with E-state index in [0.29, 0.717) is 6.42 Å². The first-order valence-corrected chi connectivity index (χ1v) is 5.22. The molecule has 0 heterocycles. The zero-order chi connectivity index (χ0) is 11.3. The monoisotopic (exact) mass is 225 g/mol. The molecule has 1 rings (SSSR count). The highest BCUT2D eigenvalue weighted by Gasteiger charge is 2.22. The van der Waals surface area contributed by atoms with Crippen LogP contribution in [0.25, 0.3) is 0 Å². The van der Waals surface area contributed by atoms with Crippen molar-refractivity contribution in [3.05, 3.63) is 35.9 Å². The van der Waals surface area contributed by atoms with E-state index < -0.39 is 5.25 Å². The molecule has 82 valence electrons. The Morgan fingerprint density at radius 3 is 2.60 bits per heavy atom. The van der Waals surface area contributed by atoms with E-state index in [9.17, 15) is 4.79 Å². The summed E-state index contributed by atoms with van der Waals surface area (Å²) in [7, 11) is 1.33. The Kier molecular flexibility index (Phi) is 4.65. The average Bonchev–Trinajstić information content (AvgIpc) is 2.28. The van der Waals surface area contributed by atoms with Crippen molar-refractivity contribution in [2.45, 2.75) is 17.7 Å². The van der Waals surface area contributed by atoms with E-state index in [1.165, 1.54) is 7.11 Å². The third-order valence-corrected chi connectivity index (χ3v) is 2.76. The highest BCUT2D eigenvalue weighted by Crippen LogP contribution is 2.09. The van der Waals surface area contributed by atoms with E-state index in [0.717, 1.165) is 5.56 Å². The molecule has 3 nitrogen and oxygen atoms in total. The maximum absolute atomic E-state index is 11.2. The summed E-state index contributed by atoms with van der Waals surface area (Å²) in [5, 5.41) is -0.574. The number of benzene rings is 1. The molecule has 0 aliphatic rings. The van der Waals surface area contributed by atoms with Crippen LogP contribution in [0, 0.1) is 0 Å². The van der Waals surface area contributed by atoms with Crippen LogP contribution in [0.4, 0.5) is 0 Å². The molecule has 0 saturated carbocycles. The molecule has 0 fully saturated rings. The normalized spacial score (nSPS) is 14.3. The topological polar surface area (TPSA) is 52.3 Å². The lowest BCUT2D eigenvalue weighted by Gasteiger charge is -2.16. The first-order valence-electron chi connectivity index (χ1n) is 4.70. The van der Waals surface area contributed by atoms with Crippen LogP contribution in [0.2, 0.25) is 0 Å². The summed E-state index contributed by atoms with van der Waals surface area (Å²) in [6.45, 7) is 0. The molecule has 0 saturated heterocycles. The summed E-state index contributed by atoms with van der Waals surface area (Å²) in [5.41, 5.74) is 6.94. The molecular formula is C11H15NO2S. The Labute approximate surface area is 95.0 Å². The van der Waals surface area contributed by atoms with Gasteiger partial charge in [0, 0.05) is 6.04 Å². The summed E-state index contributed by atoms with van der Waals surface area (Å²) in [6, 6.07) is 9.42. The molecule has 4 heteroatoms. The molecule has 0 radical (unpaired) electrons. The fourth-order valence-corrected chi connectivity index (χ4v) is 1.50. The molecule has 0 spiro atoms. The zero-order valence-electron chi connectivity index (χ0n) is 8.59. The first kappa shape index (κ1) is 12.1. The Morgan fingerprint density at radius 2 is 2.07 bits per heavy atom. The van der Waals surface area contributed by atoms with Gasteiger partial charge in [0.15, 0.2) is 0 Å². The fourth-order valence-electron chi connectivity index (χ4n) is 1.29. The minimum atomic E-state index is -0.574. The molecule has 0 amide bonds. The van der Waals surface area contributed by atoms with Gasteiger partial charge in [0.2, 0.25) is 0 Å². The van der Waals surface area contributed by atoms with Gasteiger partial charge in [-0.15, -0.1) is 0 Å². The van der Waals surface area contributed by atoms with E-state index in [-0.39, 0.29) is 12.0 Å². The molecule has 0 unspecified atom stereocenters. The molecule has 15 heavy (non-hydrogen) atoms. The van der Waals surface area contributed by atoms with Crippen molar-refractivity contribution in [3.8, 4) is 0 Å². The van der Waals surface area contributed by atoms with Crippen LogP contribution in [-0.4, -0.2) is 24.4 Å². The highest BCUT2D eigenvalue weighted by atomic mass is 32.1. The van der Waals surface area contributed by atoms with Gasteiger partial charge in [-0.25, -0.2) is 0 Å². The van der Waals surface area contributed by atoms with Crippen molar-refractivity contribution in [3.63, 3.8) is 0 Å². The predicted octanol–water partition coefficient (Wildman–Crippen LogP) is 1.03. The van der Waals surface area contributed by atoms with Crippen molar-refractivity contribution in [2.75, 3.05) is 7.11 Å². The first-order chi connectivity index (χ1) is 7.15. The lowest BCUT2D eigenvalue weighted by molar-refractivity contribution is -0.140. The SMILES string of the molecule is COC(=O)[C@@H](S)[C@H](N)Cc1ccccc1. The van der Waals surface area contributed by atoms with Crippen molar-refractivity contribution >= 4 is 18.6 Å². The lowest BCUT2D eigenvalue weighted by atomic mass is 10.0. The van der Waals surface area contributed by atoms with E-state index >= 15 is 0 Å². The number of hydrogen-bond donors (Lipinski definition) is 2. The molecule has 0 bridgehead atoms. The van der Waals surface area contributed by atoms with Gasteiger partial charge in [0.05, 0.1) is 7.11 Å². The van der Waals surface area contributed by atoms with Gasteiger partial charge in [-0.2, -0.15) is 12.6 Å². The van der Waals surface area contributed by atoms with Crippen molar-refractivity contribution in [1.29, 1.82) is 0 Å². The summed E-state index contributed by atoms with van der Waals surface area (Å²) in [4.78, 5) is 11.2. The number of carbonyl (C=O) groups excluding carboxylic acids is 1. The molecule has 0 aromatic heterocycles. The summed E-state index contributed by atoms with van der Waals surface area (Å²) >= 11 is 4.13. The quantitative estimate of drug-likeness (QED) is 0.594. The number of carbonyl (C=O) groups is 1.